The quantitative estimate of drug-likeness (QED) is 0.521. The van der Waals surface area contributed by atoms with Crippen molar-refractivity contribution in [2.75, 3.05) is 7.11 Å². The predicted octanol–water partition coefficient (Wildman–Crippen LogP) is 0.00580. The van der Waals surface area contributed by atoms with Crippen LogP contribution in [0.1, 0.15) is 5.56 Å². The maximum Gasteiger partial charge on any atom is 0.419 e. The van der Waals surface area contributed by atoms with Gasteiger partial charge in [0.05, 0.1) is 18.0 Å². The van der Waals surface area contributed by atoms with Crippen LogP contribution in [0.3, 0.4) is 0 Å². The van der Waals surface area contributed by atoms with E-state index in [2.05, 4.69) is 26.0 Å². The van der Waals surface area contributed by atoms with E-state index in [1.165, 1.54) is 19.2 Å². The lowest BCUT2D eigenvalue weighted by atomic mass is 10.1. The highest BCUT2D eigenvalue weighted by Gasteiger charge is 2.06. The minimum absolute atomic E-state index is 0.119. The van der Waals surface area contributed by atoms with Crippen molar-refractivity contribution in [1.82, 2.24) is 4.98 Å². The van der Waals surface area contributed by atoms with E-state index in [4.69, 9.17) is 0 Å². The Bertz CT molecular complexity index is 788. The molecule has 2 rings (SSSR count). The zero-order chi connectivity index (χ0) is 13.1. The molecule has 1 heterocycles. The Morgan fingerprint density at radius 1 is 1.39 bits per heavy atom. The Morgan fingerprint density at radius 2 is 2.17 bits per heavy atom. The molecule has 1 aromatic heterocycles. The Balaban J connectivity index is 2.72. The number of rotatable bonds is 0. The van der Waals surface area contributed by atoms with Gasteiger partial charge < -0.3 is 9.15 Å². The lowest BCUT2D eigenvalue weighted by molar-refractivity contribution is -0.133. The fraction of sp³-hybridized carbons (Fsp3) is 0.0833. The second-order valence-electron chi connectivity index (χ2n) is 3.27. The molecule has 0 atom stereocenters. The van der Waals surface area contributed by atoms with Gasteiger partial charge in [-0.15, -0.1) is 0 Å². The molecule has 6 nitrogen and oxygen atoms in total. The van der Waals surface area contributed by atoms with E-state index < -0.39 is 17.4 Å². The van der Waals surface area contributed by atoms with Gasteiger partial charge in [0.2, 0.25) is 0 Å². The van der Waals surface area contributed by atoms with Crippen LogP contribution in [0, 0.1) is 11.8 Å². The van der Waals surface area contributed by atoms with Gasteiger partial charge in [0, 0.05) is 11.5 Å². The molecule has 0 aliphatic carbocycles. The zero-order valence-electron chi connectivity index (χ0n) is 9.27. The largest absolute Gasteiger partial charge is 0.459 e. The SMILES string of the molecule is COC(=O)C#Cc1cccc2[nH]c(=O)oc(=O)c12. The van der Waals surface area contributed by atoms with Crippen LogP contribution in [0.2, 0.25) is 0 Å². The van der Waals surface area contributed by atoms with Gasteiger partial charge in [-0.25, -0.2) is 14.4 Å². The molecule has 1 N–H and O–H groups in total. The number of H-pyrrole nitrogens is 1. The number of hydrogen-bond donors (Lipinski definition) is 1. The van der Waals surface area contributed by atoms with Gasteiger partial charge in [0.25, 0.3) is 0 Å². The van der Waals surface area contributed by atoms with Gasteiger partial charge >= 0.3 is 17.4 Å². The molecular formula is C12H7NO5. The Hall–Kier alpha value is -2.81. The van der Waals surface area contributed by atoms with Gasteiger partial charge in [-0.1, -0.05) is 12.0 Å². The van der Waals surface area contributed by atoms with Crippen molar-refractivity contribution in [2.24, 2.45) is 0 Å². The summed E-state index contributed by atoms with van der Waals surface area (Å²) in [5, 5.41) is 0.119. The smallest absolute Gasteiger partial charge is 0.419 e. The molecule has 2 aromatic rings. The predicted molar refractivity (Wildman–Crippen MR) is 62.0 cm³/mol. The number of aromatic nitrogens is 1. The number of fused-ring (bicyclic) bond motifs is 1. The van der Waals surface area contributed by atoms with Crippen molar-refractivity contribution in [3.63, 3.8) is 0 Å². The molecule has 1 aromatic carbocycles. The molecule has 0 unspecified atom stereocenters. The molecule has 0 radical (unpaired) electrons. The minimum Gasteiger partial charge on any atom is -0.459 e. The maximum atomic E-state index is 11.6. The molecular weight excluding hydrogens is 238 g/mol. The van der Waals surface area contributed by atoms with E-state index in [0.29, 0.717) is 5.52 Å². The van der Waals surface area contributed by atoms with Gasteiger partial charge in [-0.2, -0.15) is 0 Å². The molecule has 0 aliphatic rings. The van der Waals surface area contributed by atoms with E-state index >= 15 is 0 Å². The Labute approximate surface area is 100 Å². The van der Waals surface area contributed by atoms with Crippen LogP contribution < -0.4 is 11.4 Å². The van der Waals surface area contributed by atoms with Gasteiger partial charge in [0.15, 0.2) is 0 Å². The van der Waals surface area contributed by atoms with Gasteiger partial charge in [0.1, 0.15) is 0 Å². The number of nitrogens with one attached hydrogen (secondary N) is 1. The average Bonchev–Trinajstić information content (AvgIpc) is 2.35. The molecule has 0 amide bonds. The van der Waals surface area contributed by atoms with Crippen molar-refractivity contribution in [3.8, 4) is 11.8 Å². The van der Waals surface area contributed by atoms with Crippen LogP contribution in [0.25, 0.3) is 10.9 Å². The first-order valence-corrected chi connectivity index (χ1v) is 4.88. The molecule has 6 heteroatoms. The second kappa shape index (κ2) is 4.59. The molecule has 0 bridgehead atoms. The lowest BCUT2D eigenvalue weighted by Gasteiger charge is -1.97. The number of carbonyl (C=O) groups is 1. The van der Waals surface area contributed by atoms with E-state index in [1.54, 1.807) is 6.07 Å². The van der Waals surface area contributed by atoms with E-state index in [-0.39, 0.29) is 10.9 Å². The fourth-order valence-electron chi connectivity index (χ4n) is 1.42. The van der Waals surface area contributed by atoms with Crippen LogP contribution in [0.4, 0.5) is 0 Å². The molecule has 90 valence electrons. The molecule has 0 fully saturated rings. The normalized spacial score (nSPS) is 9.61. The van der Waals surface area contributed by atoms with Crippen LogP contribution in [0.5, 0.6) is 0 Å². The highest BCUT2D eigenvalue weighted by Crippen LogP contribution is 2.10. The summed E-state index contributed by atoms with van der Waals surface area (Å²) in [6.07, 6.45) is 0. The number of aromatic amines is 1. The molecule has 0 saturated heterocycles. The molecule has 0 spiro atoms. The van der Waals surface area contributed by atoms with Crippen molar-refractivity contribution < 1.29 is 13.9 Å². The Kier molecular flexibility index (Phi) is 2.98. The fourth-order valence-corrected chi connectivity index (χ4v) is 1.42. The number of ether oxygens (including phenoxy) is 1. The first-order chi connectivity index (χ1) is 8.61. The monoisotopic (exact) mass is 245 g/mol. The number of esters is 1. The van der Waals surface area contributed by atoms with E-state index in [1.807, 2.05) is 0 Å². The number of methoxy groups -OCH3 is 1. The third kappa shape index (κ3) is 2.15. The topological polar surface area (TPSA) is 89.4 Å². The molecule has 18 heavy (non-hydrogen) atoms. The Morgan fingerprint density at radius 3 is 2.89 bits per heavy atom. The van der Waals surface area contributed by atoms with Gasteiger partial charge in [-0.3, -0.25) is 4.98 Å². The van der Waals surface area contributed by atoms with Gasteiger partial charge in [-0.05, 0) is 12.1 Å². The second-order valence-corrected chi connectivity index (χ2v) is 3.27. The van der Waals surface area contributed by atoms with Crippen LogP contribution in [-0.4, -0.2) is 18.1 Å². The summed E-state index contributed by atoms with van der Waals surface area (Å²) in [4.78, 5) is 35.8. The molecule has 0 saturated carbocycles. The number of carbonyl (C=O) groups excluding carboxylic acids is 1. The summed E-state index contributed by atoms with van der Waals surface area (Å²) < 4.78 is 8.77. The third-order valence-electron chi connectivity index (χ3n) is 2.18. The minimum atomic E-state index is -0.842. The summed E-state index contributed by atoms with van der Waals surface area (Å²) >= 11 is 0. The summed E-state index contributed by atoms with van der Waals surface area (Å²) in [5.74, 6) is 3.13. The summed E-state index contributed by atoms with van der Waals surface area (Å²) in [5.41, 5.74) is -0.223. The van der Waals surface area contributed by atoms with Crippen molar-refractivity contribution in [1.29, 1.82) is 0 Å². The van der Waals surface area contributed by atoms with Crippen molar-refractivity contribution in [3.05, 3.63) is 44.7 Å². The van der Waals surface area contributed by atoms with Crippen molar-refractivity contribution >= 4 is 16.9 Å². The summed E-state index contributed by atoms with van der Waals surface area (Å²) in [6.45, 7) is 0. The molecule has 0 aliphatic heterocycles. The van der Waals surface area contributed by atoms with E-state index in [0.717, 1.165) is 0 Å². The third-order valence-corrected chi connectivity index (χ3v) is 2.18. The number of benzene rings is 1. The summed E-state index contributed by atoms with van der Waals surface area (Å²) in [6, 6.07) is 4.67. The van der Waals surface area contributed by atoms with Crippen LogP contribution in [-0.2, 0) is 9.53 Å². The lowest BCUT2D eigenvalue weighted by Crippen LogP contribution is -2.15. The van der Waals surface area contributed by atoms with E-state index in [9.17, 15) is 14.4 Å². The van der Waals surface area contributed by atoms with Crippen LogP contribution in [0.15, 0.2) is 32.2 Å². The summed E-state index contributed by atoms with van der Waals surface area (Å²) in [7, 11) is 1.20. The first kappa shape index (κ1) is 11.7. The standard InChI is InChI=1S/C12H7NO5/c1-17-9(14)6-5-7-3-2-4-8-10(7)11(15)18-12(16)13-8/h2-4H,1H3,(H,13,16). The highest BCUT2D eigenvalue weighted by molar-refractivity contribution is 5.91. The number of hydrogen-bond acceptors (Lipinski definition) is 5. The van der Waals surface area contributed by atoms with Crippen LogP contribution >= 0.6 is 0 Å². The average molecular weight is 245 g/mol. The first-order valence-electron chi connectivity index (χ1n) is 4.88. The zero-order valence-corrected chi connectivity index (χ0v) is 9.27. The highest BCUT2D eigenvalue weighted by atomic mass is 16.5. The maximum absolute atomic E-state index is 11.6. The van der Waals surface area contributed by atoms with Crippen molar-refractivity contribution in [2.45, 2.75) is 0 Å².